The van der Waals surface area contributed by atoms with E-state index in [1.54, 1.807) is 21.8 Å². The molecule has 0 spiro atoms. The Kier molecular flexibility index (Phi) is 3.03. The van der Waals surface area contributed by atoms with E-state index in [4.69, 9.17) is 4.74 Å². The first kappa shape index (κ1) is 14.1. The van der Waals surface area contributed by atoms with E-state index in [2.05, 4.69) is 37.5 Å². The fraction of sp³-hybridized carbons (Fsp3) is 0.235. The van der Waals surface area contributed by atoms with Crippen LogP contribution in [0.3, 0.4) is 0 Å². The van der Waals surface area contributed by atoms with E-state index in [0.717, 1.165) is 35.6 Å². The topological polar surface area (TPSA) is 83.5 Å². The first-order valence-electron chi connectivity index (χ1n) is 8.06. The summed E-state index contributed by atoms with van der Waals surface area (Å²) in [6.07, 6.45) is 6.33. The molecule has 1 aliphatic heterocycles. The van der Waals surface area contributed by atoms with Crippen molar-refractivity contribution in [2.45, 2.75) is 13.0 Å². The van der Waals surface area contributed by atoms with Crippen molar-refractivity contribution in [2.75, 3.05) is 6.61 Å². The van der Waals surface area contributed by atoms with Crippen LogP contribution in [0.15, 0.2) is 36.8 Å². The van der Waals surface area contributed by atoms with Crippen molar-refractivity contribution in [1.29, 1.82) is 0 Å². The van der Waals surface area contributed by atoms with Gasteiger partial charge < -0.3 is 4.74 Å². The highest BCUT2D eigenvalue weighted by molar-refractivity contribution is 5.69. The Bertz CT molecular complexity index is 1080. The lowest BCUT2D eigenvalue weighted by atomic mass is 10.1. The van der Waals surface area contributed by atoms with Crippen LogP contribution in [0.5, 0.6) is 5.75 Å². The number of benzene rings is 1. The third kappa shape index (κ3) is 2.42. The lowest BCUT2D eigenvalue weighted by Gasteiger charge is -2.05. The molecule has 4 aromatic rings. The average Bonchev–Trinajstić information content (AvgIpc) is 3.34. The van der Waals surface area contributed by atoms with E-state index in [0.29, 0.717) is 17.8 Å². The summed E-state index contributed by atoms with van der Waals surface area (Å²) in [5.41, 5.74) is 5.26. The Balaban J connectivity index is 1.52. The van der Waals surface area contributed by atoms with E-state index in [1.807, 2.05) is 19.3 Å². The summed E-state index contributed by atoms with van der Waals surface area (Å²) in [5, 5.41) is 12.5. The van der Waals surface area contributed by atoms with Crippen LogP contribution < -0.4 is 4.74 Å². The van der Waals surface area contributed by atoms with Crippen molar-refractivity contribution in [3.05, 3.63) is 47.9 Å². The van der Waals surface area contributed by atoms with E-state index in [1.165, 1.54) is 5.56 Å². The Morgan fingerprint density at radius 2 is 2.20 bits per heavy atom. The molecule has 0 fully saturated rings. The normalized spacial score (nSPS) is 13.2. The first-order valence-corrected chi connectivity index (χ1v) is 8.06. The van der Waals surface area contributed by atoms with Gasteiger partial charge in [0.15, 0.2) is 5.65 Å². The van der Waals surface area contributed by atoms with Crippen molar-refractivity contribution in [3.63, 3.8) is 0 Å². The van der Waals surface area contributed by atoms with Gasteiger partial charge in [-0.05, 0) is 17.2 Å². The summed E-state index contributed by atoms with van der Waals surface area (Å²) in [7, 11) is 1.87. The van der Waals surface area contributed by atoms with Gasteiger partial charge in [-0.25, -0.2) is 14.6 Å². The largest absolute Gasteiger partial charge is 0.493 e. The van der Waals surface area contributed by atoms with Gasteiger partial charge in [0.2, 0.25) is 5.65 Å². The number of aryl methyl sites for hydroxylation is 1. The SMILES string of the molecule is Cn1cc(-c2cnc3nnn(Cc4ccc5c(c4)CCO5)c3n2)cn1. The van der Waals surface area contributed by atoms with Crippen LogP contribution in [0.4, 0.5) is 0 Å². The molecule has 25 heavy (non-hydrogen) atoms. The zero-order chi connectivity index (χ0) is 16.8. The molecule has 8 heteroatoms. The van der Waals surface area contributed by atoms with Crippen molar-refractivity contribution in [2.24, 2.45) is 7.05 Å². The van der Waals surface area contributed by atoms with Gasteiger partial charge in [-0.3, -0.25) is 4.68 Å². The van der Waals surface area contributed by atoms with Gasteiger partial charge >= 0.3 is 0 Å². The molecule has 3 aromatic heterocycles. The monoisotopic (exact) mass is 333 g/mol. The highest BCUT2D eigenvalue weighted by Crippen LogP contribution is 2.26. The molecule has 0 saturated carbocycles. The fourth-order valence-electron chi connectivity index (χ4n) is 3.07. The number of fused-ring (bicyclic) bond motifs is 2. The van der Waals surface area contributed by atoms with Gasteiger partial charge in [-0.15, -0.1) is 5.10 Å². The minimum atomic E-state index is 0.539. The molecule has 1 aromatic carbocycles. The molecule has 0 aliphatic carbocycles. The van der Waals surface area contributed by atoms with E-state index in [-0.39, 0.29) is 0 Å². The second-order valence-electron chi connectivity index (χ2n) is 6.09. The van der Waals surface area contributed by atoms with E-state index in [9.17, 15) is 0 Å². The highest BCUT2D eigenvalue weighted by atomic mass is 16.5. The lowest BCUT2D eigenvalue weighted by Crippen LogP contribution is -2.03. The summed E-state index contributed by atoms with van der Waals surface area (Å²) in [6.45, 7) is 1.35. The van der Waals surface area contributed by atoms with Crippen LogP contribution in [0.25, 0.3) is 22.6 Å². The maximum Gasteiger partial charge on any atom is 0.221 e. The van der Waals surface area contributed by atoms with Crippen LogP contribution in [0.2, 0.25) is 0 Å². The zero-order valence-electron chi connectivity index (χ0n) is 13.6. The molecule has 1 aliphatic rings. The number of ether oxygens (including phenoxy) is 1. The number of nitrogens with zero attached hydrogens (tertiary/aromatic N) is 7. The van der Waals surface area contributed by atoms with Crippen molar-refractivity contribution in [1.82, 2.24) is 34.7 Å². The molecule has 5 rings (SSSR count). The van der Waals surface area contributed by atoms with Crippen LogP contribution in [-0.2, 0) is 20.0 Å². The van der Waals surface area contributed by atoms with Crippen molar-refractivity contribution < 1.29 is 4.74 Å². The maximum absolute atomic E-state index is 5.56. The van der Waals surface area contributed by atoms with E-state index >= 15 is 0 Å². The number of aromatic nitrogens is 7. The zero-order valence-corrected chi connectivity index (χ0v) is 13.6. The molecule has 0 unspecified atom stereocenters. The molecule has 0 amide bonds. The van der Waals surface area contributed by atoms with Crippen LogP contribution in [0, 0.1) is 0 Å². The summed E-state index contributed by atoms with van der Waals surface area (Å²) in [4.78, 5) is 9.06. The summed E-state index contributed by atoms with van der Waals surface area (Å²) >= 11 is 0. The summed E-state index contributed by atoms with van der Waals surface area (Å²) < 4.78 is 9.08. The maximum atomic E-state index is 5.56. The Labute approximate surface area is 143 Å². The molecule has 0 N–H and O–H groups in total. The van der Waals surface area contributed by atoms with Crippen LogP contribution in [-0.4, -0.2) is 41.3 Å². The quantitative estimate of drug-likeness (QED) is 0.566. The first-order chi connectivity index (χ1) is 12.3. The molecular formula is C17H15N7O. The predicted octanol–water partition coefficient (Wildman–Crippen LogP) is 1.60. The van der Waals surface area contributed by atoms with Crippen molar-refractivity contribution >= 4 is 11.3 Å². The average molecular weight is 333 g/mol. The van der Waals surface area contributed by atoms with E-state index < -0.39 is 0 Å². The lowest BCUT2D eigenvalue weighted by molar-refractivity contribution is 0.357. The Morgan fingerprint density at radius 3 is 3.08 bits per heavy atom. The predicted molar refractivity (Wildman–Crippen MR) is 90.1 cm³/mol. The molecule has 8 nitrogen and oxygen atoms in total. The van der Waals surface area contributed by atoms with Gasteiger partial charge in [0, 0.05) is 25.2 Å². The molecular weight excluding hydrogens is 318 g/mol. The van der Waals surface area contributed by atoms with Gasteiger partial charge in [0.05, 0.1) is 31.2 Å². The fourth-order valence-corrected chi connectivity index (χ4v) is 3.07. The van der Waals surface area contributed by atoms with Crippen LogP contribution in [0.1, 0.15) is 11.1 Å². The summed E-state index contributed by atoms with van der Waals surface area (Å²) in [5.74, 6) is 0.978. The van der Waals surface area contributed by atoms with Gasteiger partial charge in [-0.2, -0.15) is 5.10 Å². The Hall–Kier alpha value is -3.29. The molecule has 0 radical (unpaired) electrons. The smallest absolute Gasteiger partial charge is 0.221 e. The summed E-state index contributed by atoms with van der Waals surface area (Å²) in [6, 6.07) is 6.23. The minimum absolute atomic E-state index is 0.539. The highest BCUT2D eigenvalue weighted by Gasteiger charge is 2.14. The second kappa shape index (κ2) is 5.37. The Morgan fingerprint density at radius 1 is 1.24 bits per heavy atom. The molecule has 4 heterocycles. The number of hydrogen-bond acceptors (Lipinski definition) is 6. The van der Waals surface area contributed by atoms with Gasteiger partial charge in [-0.1, -0.05) is 17.3 Å². The molecule has 0 atom stereocenters. The number of rotatable bonds is 3. The molecule has 124 valence electrons. The molecule has 0 bridgehead atoms. The van der Waals surface area contributed by atoms with Crippen LogP contribution >= 0.6 is 0 Å². The molecule has 0 saturated heterocycles. The third-order valence-electron chi connectivity index (χ3n) is 4.31. The third-order valence-corrected chi connectivity index (χ3v) is 4.31. The van der Waals surface area contributed by atoms with Gasteiger partial charge in [0.1, 0.15) is 5.75 Å². The number of hydrogen-bond donors (Lipinski definition) is 0. The van der Waals surface area contributed by atoms with Crippen molar-refractivity contribution in [3.8, 4) is 17.0 Å². The standard InChI is InChI=1S/C17H15N7O/c1-23-10-13(7-19-23)14-8-18-16-17(20-14)24(22-21-16)9-11-2-3-15-12(6-11)4-5-25-15/h2-3,6-8,10H,4-5,9H2,1H3. The second-order valence-corrected chi connectivity index (χ2v) is 6.09. The van der Waals surface area contributed by atoms with Gasteiger partial charge in [0.25, 0.3) is 0 Å². The minimum Gasteiger partial charge on any atom is -0.493 e.